The summed E-state index contributed by atoms with van der Waals surface area (Å²) >= 11 is 0. The van der Waals surface area contributed by atoms with Crippen LogP contribution in [0.5, 0.6) is 0 Å². The molecule has 0 aromatic rings. The molecule has 84 valence electrons. The Morgan fingerprint density at radius 3 is 2.87 bits per heavy atom. The predicted octanol–water partition coefficient (Wildman–Crippen LogP) is -0.123. The van der Waals surface area contributed by atoms with Gasteiger partial charge in [0, 0.05) is 19.8 Å². The van der Waals surface area contributed by atoms with Crippen molar-refractivity contribution in [2.75, 3.05) is 19.8 Å². The number of nitrogens with zero attached hydrogens (tertiary/aromatic N) is 1. The largest absolute Gasteiger partial charge is 0.381 e. The summed E-state index contributed by atoms with van der Waals surface area (Å²) in [5.74, 6) is 1.05. The van der Waals surface area contributed by atoms with Crippen LogP contribution in [0, 0.1) is 5.92 Å². The second-order valence-electron chi connectivity index (χ2n) is 3.88. The summed E-state index contributed by atoms with van der Waals surface area (Å²) in [7, 11) is 0. The van der Waals surface area contributed by atoms with Crippen LogP contribution in [0.25, 0.3) is 0 Å². The number of aliphatic imine (C=N–C) groups is 1. The molecular weight excluding hydrogens is 194 g/mol. The van der Waals surface area contributed by atoms with E-state index in [2.05, 4.69) is 15.6 Å². The smallest absolute Gasteiger partial charge is 0.249 e. The summed E-state index contributed by atoms with van der Waals surface area (Å²) in [6.07, 6.45) is 1.90. The molecule has 2 aliphatic heterocycles. The summed E-state index contributed by atoms with van der Waals surface area (Å²) in [4.78, 5) is 15.8. The Balaban J connectivity index is 1.97. The zero-order chi connectivity index (χ0) is 10.7. The molecule has 0 aromatic heterocycles. The first-order chi connectivity index (χ1) is 7.31. The SMILES string of the molecule is CCN=C1NC(=O)C(C2CCOCC2)N1. The summed E-state index contributed by atoms with van der Waals surface area (Å²) in [6, 6.07) is -0.112. The maximum atomic E-state index is 11.7. The summed E-state index contributed by atoms with van der Waals surface area (Å²) in [5.41, 5.74) is 0. The molecule has 2 saturated heterocycles. The molecule has 2 heterocycles. The number of amides is 1. The third-order valence-electron chi connectivity index (χ3n) is 2.87. The highest BCUT2D eigenvalue weighted by Gasteiger charge is 2.35. The van der Waals surface area contributed by atoms with Crippen molar-refractivity contribution in [3.8, 4) is 0 Å². The minimum Gasteiger partial charge on any atom is -0.381 e. The molecule has 0 aromatic carbocycles. The van der Waals surface area contributed by atoms with E-state index in [0.29, 0.717) is 18.4 Å². The van der Waals surface area contributed by atoms with E-state index < -0.39 is 0 Å². The average molecular weight is 211 g/mol. The van der Waals surface area contributed by atoms with Crippen LogP contribution in [0.3, 0.4) is 0 Å². The van der Waals surface area contributed by atoms with Gasteiger partial charge in [-0.2, -0.15) is 0 Å². The van der Waals surface area contributed by atoms with E-state index in [0.717, 1.165) is 26.1 Å². The summed E-state index contributed by atoms with van der Waals surface area (Å²) < 4.78 is 5.28. The lowest BCUT2D eigenvalue weighted by Crippen LogP contribution is -2.39. The lowest BCUT2D eigenvalue weighted by atomic mass is 9.92. The van der Waals surface area contributed by atoms with Gasteiger partial charge in [-0.15, -0.1) is 0 Å². The van der Waals surface area contributed by atoms with Gasteiger partial charge in [0.25, 0.3) is 0 Å². The molecule has 2 N–H and O–H groups in total. The maximum absolute atomic E-state index is 11.7. The Morgan fingerprint density at radius 1 is 1.47 bits per heavy atom. The summed E-state index contributed by atoms with van der Waals surface area (Å²) in [6.45, 7) is 4.15. The normalized spacial score (nSPS) is 30.3. The molecule has 1 unspecified atom stereocenters. The van der Waals surface area contributed by atoms with Gasteiger partial charge in [0.1, 0.15) is 6.04 Å². The maximum Gasteiger partial charge on any atom is 0.249 e. The van der Waals surface area contributed by atoms with Crippen molar-refractivity contribution in [1.82, 2.24) is 10.6 Å². The van der Waals surface area contributed by atoms with Crippen LogP contribution in [0.1, 0.15) is 19.8 Å². The molecule has 2 aliphatic rings. The van der Waals surface area contributed by atoms with Crippen molar-refractivity contribution in [3.05, 3.63) is 0 Å². The molecule has 1 atom stereocenters. The molecule has 5 nitrogen and oxygen atoms in total. The van der Waals surface area contributed by atoms with Crippen LogP contribution >= 0.6 is 0 Å². The molecule has 15 heavy (non-hydrogen) atoms. The Labute approximate surface area is 89.3 Å². The second kappa shape index (κ2) is 4.61. The van der Waals surface area contributed by atoms with Crippen LogP contribution in [-0.2, 0) is 9.53 Å². The Morgan fingerprint density at radius 2 is 2.20 bits per heavy atom. The van der Waals surface area contributed by atoms with Gasteiger partial charge in [0.2, 0.25) is 5.91 Å². The summed E-state index contributed by atoms with van der Waals surface area (Å²) in [5, 5.41) is 5.91. The van der Waals surface area contributed by atoms with Crippen molar-refractivity contribution in [3.63, 3.8) is 0 Å². The molecule has 1 amide bonds. The van der Waals surface area contributed by atoms with Crippen LogP contribution in [0.2, 0.25) is 0 Å². The number of ether oxygens (including phenoxy) is 1. The molecule has 2 fully saturated rings. The van der Waals surface area contributed by atoms with Gasteiger partial charge in [-0.1, -0.05) is 0 Å². The lowest BCUT2D eigenvalue weighted by Gasteiger charge is -2.25. The molecule has 0 spiro atoms. The number of hydrogen-bond acceptors (Lipinski definition) is 3. The molecule has 0 aliphatic carbocycles. The predicted molar refractivity (Wildman–Crippen MR) is 56.6 cm³/mol. The first kappa shape index (κ1) is 10.4. The number of guanidine groups is 1. The standard InChI is InChI=1S/C10H17N3O2/c1-2-11-10-12-8(9(14)13-10)7-3-5-15-6-4-7/h7-8H,2-6H2,1H3,(H2,11,12,13,14). The number of carbonyl (C=O) groups is 1. The lowest BCUT2D eigenvalue weighted by molar-refractivity contribution is -0.122. The van der Waals surface area contributed by atoms with E-state index in [1.54, 1.807) is 0 Å². The van der Waals surface area contributed by atoms with E-state index in [1.165, 1.54) is 0 Å². The minimum atomic E-state index is -0.112. The third kappa shape index (κ3) is 2.28. The zero-order valence-electron chi connectivity index (χ0n) is 8.95. The topological polar surface area (TPSA) is 62.7 Å². The van der Waals surface area contributed by atoms with Gasteiger partial charge in [0.15, 0.2) is 5.96 Å². The number of rotatable bonds is 2. The van der Waals surface area contributed by atoms with Crippen molar-refractivity contribution < 1.29 is 9.53 Å². The van der Waals surface area contributed by atoms with Crippen LogP contribution in [0.15, 0.2) is 4.99 Å². The highest BCUT2D eigenvalue weighted by atomic mass is 16.5. The monoisotopic (exact) mass is 211 g/mol. The highest BCUT2D eigenvalue weighted by Crippen LogP contribution is 2.20. The molecule has 2 rings (SSSR count). The Bertz CT molecular complexity index is 272. The van der Waals surface area contributed by atoms with E-state index in [9.17, 15) is 4.79 Å². The molecule has 0 bridgehead atoms. The average Bonchev–Trinajstić information content (AvgIpc) is 2.61. The fraction of sp³-hybridized carbons (Fsp3) is 0.800. The number of nitrogens with one attached hydrogen (secondary N) is 2. The van der Waals surface area contributed by atoms with Crippen molar-refractivity contribution in [2.45, 2.75) is 25.8 Å². The quantitative estimate of drug-likeness (QED) is 0.669. The first-order valence-corrected chi connectivity index (χ1v) is 5.51. The number of carbonyl (C=O) groups excluding carboxylic acids is 1. The molecule has 0 radical (unpaired) electrons. The van der Waals surface area contributed by atoms with E-state index >= 15 is 0 Å². The van der Waals surface area contributed by atoms with Crippen LogP contribution < -0.4 is 10.6 Å². The Hall–Kier alpha value is -1.10. The Kier molecular flexibility index (Phi) is 3.20. The molecule has 0 saturated carbocycles. The van der Waals surface area contributed by atoms with E-state index in [-0.39, 0.29) is 11.9 Å². The van der Waals surface area contributed by atoms with Gasteiger partial charge in [-0.05, 0) is 25.7 Å². The second-order valence-corrected chi connectivity index (χ2v) is 3.88. The van der Waals surface area contributed by atoms with Gasteiger partial charge in [0.05, 0.1) is 0 Å². The van der Waals surface area contributed by atoms with Crippen molar-refractivity contribution >= 4 is 11.9 Å². The first-order valence-electron chi connectivity index (χ1n) is 5.51. The van der Waals surface area contributed by atoms with Crippen LogP contribution in [0.4, 0.5) is 0 Å². The van der Waals surface area contributed by atoms with E-state index in [1.807, 2.05) is 6.92 Å². The number of hydrogen-bond donors (Lipinski definition) is 2. The van der Waals surface area contributed by atoms with Gasteiger partial charge in [-0.3, -0.25) is 15.1 Å². The van der Waals surface area contributed by atoms with Crippen molar-refractivity contribution in [1.29, 1.82) is 0 Å². The molecular formula is C10H17N3O2. The van der Waals surface area contributed by atoms with Gasteiger partial charge >= 0.3 is 0 Å². The fourth-order valence-corrected chi connectivity index (χ4v) is 2.07. The zero-order valence-corrected chi connectivity index (χ0v) is 8.95. The van der Waals surface area contributed by atoms with Gasteiger partial charge < -0.3 is 10.1 Å². The fourth-order valence-electron chi connectivity index (χ4n) is 2.07. The van der Waals surface area contributed by atoms with E-state index in [4.69, 9.17) is 4.74 Å². The molecule has 5 heteroatoms. The van der Waals surface area contributed by atoms with Crippen LogP contribution in [-0.4, -0.2) is 37.7 Å². The third-order valence-corrected chi connectivity index (χ3v) is 2.87. The highest BCUT2D eigenvalue weighted by molar-refractivity contribution is 6.06. The minimum absolute atomic E-state index is 0.0501. The van der Waals surface area contributed by atoms with Crippen molar-refractivity contribution in [2.24, 2.45) is 10.9 Å². The van der Waals surface area contributed by atoms with Gasteiger partial charge in [-0.25, -0.2) is 0 Å².